The lowest BCUT2D eigenvalue weighted by Gasteiger charge is -2.15. The van der Waals surface area contributed by atoms with Crippen LogP contribution in [0.2, 0.25) is 0 Å². The predicted octanol–water partition coefficient (Wildman–Crippen LogP) is 14.4. The molecule has 114 heavy (non-hydrogen) atoms. The third-order valence-corrected chi connectivity index (χ3v) is 22.0. The summed E-state index contributed by atoms with van der Waals surface area (Å²) in [6.45, 7) is 18.3. The zero-order chi connectivity index (χ0) is 78.1. The van der Waals surface area contributed by atoms with E-state index in [1.165, 1.54) is 60.3 Å². The van der Waals surface area contributed by atoms with Gasteiger partial charge in [-0.05, 0) is 159 Å². The number of carbonyl (C=O) groups excluding carboxylic acids is 5. The summed E-state index contributed by atoms with van der Waals surface area (Å²) >= 11 is 0. The van der Waals surface area contributed by atoms with Gasteiger partial charge in [-0.15, -0.1) is 0 Å². The zero-order valence-electron chi connectivity index (χ0n) is 64.1. The van der Waals surface area contributed by atoms with Gasteiger partial charge in [-0.2, -0.15) is 0 Å². The molecule has 0 radical (unpaired) electrons. The summed E-state index contributed by atoms with van der Waals surface area (Å²) < 4.78 is 24.5. The lowest BCUT2D eigenvalue weighted by molar-refractivity contribution is 0.0948. The van der Waals surface area contributed by atoms with Crippen LogP contribution in [-0.2, 0) is 58.5 Å². The van der Waals surface area contributed by atoms with Crippen LogP contribution in [-0.4, -0.2) is 133 Å². The molecule has 12 heterocycles. The number of hydrogen-bond acceptors (Lipinski definition) is 12. The molecule has 23 heteroatoms. The number of carbonyl (C=O) groups is 5. The number of pyridine rings is 1. The van der Waals surface area contributed by atoms with E-state index in [0.717, 1.165) is 159 Å². The van der Waals surface area contributed by atoms with Gasteiger partial charge >= 0.3 is 0 Å². The van der Waals surface area contributed by atoms with Crippen molar-refractivity contribution in [2.45, 2.75) is 99.1 Å². The van der Waals surface area contributed by atoms with E-state index in [0.29, 0.717) is 78.1 Å². The van der Waals surface area contributed by atoms with Crippen LogP contribution in [0.3, 0.4) is 0 Å². The number of para-hydroxylation sites is 4. The monoisotopic (exact) mass is 1520 g/mol. The number of halogens is 1. The number of aromatic nitrogens is 11. The Morgan fingerprint density at radius 2 is 0.658 bits per heavy atom. The summed E-state index contributed by atoms with van der Waals surface area (Å²) in [5, 5.41) is 14.6. The molecule has 6 aliphatic rings. The number of nitrogens with one attached hydrogen (secondary N) is 5. The quantitative estimate of drug-likeness (QED) is 0.0857. The van der Waals surface area contributed by atoms with Crippen LogP contribution in [0.15, 0.2) is 200 Å². The highest BCUT2D eigenvalue weighted by Gasteiger charge is 2.29. The van der Waals surface area contributed by atoms with Gasteiger partial charge in [0.1, 0.15) is 34.9 Å². The number of rotatable bonds is 10. The molecule has 21 rings (SSSR count). The van der Waals surface area contributed by atoms with E-state index in [2.05, 4.69) is 165 Å². The fourth-order valence-electron chi connectivity index (χ4n) is 16.4. The minimum absolute atomic E-state index is 0.0106. The van der Waals surface area contributed by atoms with Gasteiger partial charge in [-0.1, -0.05) is 124 Å². The number of nitrogens with zero attached hydrogens (tertiary/aromatic N) is 12. The van der Waals surface area contributed by atoms with Crippen molar-refractivity contribution in [2.24, 2.45) is 0 Å². The Labute approximate surface area is 657 Å². The average molecular weight is 1520 g/mol. The molecule has 0 spiro atoms. The predicted molar refractivity (Wildman–Crippen MR) is 443 cm³/mol. The summed E-state index contributed by atoms with van der Waals surface area (Å²) in [7, 11) is 0. The first-order valence-corrected chi connectivity index (χ1v) is 39.4. The summed E-state index contributed by atoms with van der Waals surface area (Å²) in [6, 6.07) is 63.4. The van der Waals surface area contributed by atoms with Gasteiger partial charge in [0.25, 0.3) is 29.5 Å². The molecule has 0 atom stereocenters. The standard InChI is InChI=1S/C21H22N4O.C18H16FN3O.2C18H17N3O.C16H14N4O/c26-21-17-7-4-8-18-19(17)25(12-9-22-21)20(23-18)16-6-3-5-15(13-16)14-24-10-1-2-11-24;1-2-11-4-3-5-12(8-11)17-21-15-10-13(19)9-14-16(15)22(17)7-6-20-18(14)23;1-2-12-5-3-6-13(11-12)17-20-15-8-4-7-14-16(15)21(17)10-9-19-18(14)22;1-2-12-6-8-13(9-7-12)17-20-15-5-3-4-14-16(15)21(17)11-10-19-18(14)22;1-10-9-11(5-6-17-10)15-19-13-4-2-3-12-14(13)20(15)8-7-18-16(12)21/h3-8,13H,1-2,9-12,14H2,(H,22,26);3-5,8-10H,2,6-7H2,1H3,(H,20,23);3-8,11H,2,9-10H2,1H3,(H,19,22);3-9H,2,10-11H2,1H3,(H,19,22);2-6,9H,7-8H2,1H3,(H,18,21). The van der Waals surface area contributed by atoms with Crippen LogP contribution in [0.1, 0.15) is 113 Å². The first-order valence-electron chi connectivity index (χ1n) is 39.4. The normalized spacial score (nSPS) is 14.8. The third-order valence-electron chi connectivity index (χ3n) is 22.0. The number of hydrogen-bond donors (Lipinski definition) is 5. The Hall–Kier alpha value is -13.3. The average Bonchev–Trinajstić information content (AvgIpc) is 1.63. The van der Waals surface area contributed by atoms with E-state index in [4.69, 9.17) is 19.9 Å². The van der Waals surface area contributed by atoms with Crippen molar-refractivity contribution in [2.75, 3.05) is 45.8 Å². The molecule has 1 saturated heterocycles. The molecular formula is C91H86FN17O5. The topological polar surface area (TPSA) is 251 Å². The smallest absolute Gasteiger partial charge is 0.253 e. The van der Waals surface area contributed by atoms with E-state index < -0.39 is 5.82 Å². The fourth-order valence-corrected chi connectivity index (χ4v) is 16.4. The minimum atomic E-state index is -0.442. The Bertz CT molecular complexity index is 6280. The van der Waals surface area contributed by atoms with Crippen molar-refractivity contribution in [1.82, 2.24) is 84.2 Å². The van der Waals surface area contributed by atoms with Crippen molar-refractivity contribution in [3.05, 3.63) is 262 Å². The number of aryl methyl sites for hydroxylation is 4. The molecule has 9 aromatic carbocycles. The van der Waals surface area contributed by atoms with Gasteiger partial charge in [-0.25, -0.2) is 29.3 Å². The first-order chi connectivity index (χ1) is 55.7. The third kappa shape index (κ3) is 14.4. The Kier molecular flexibility index (Phi) is 20.5. The van der Waals surface area contributed by atoms with E-state index in [-0.39, 0.29) is 29.5 Å². The largest absolute Gasteiger partial charge is 0.350 e. The van der Waals surface area contributed by atoms with Gasteiger partial charge in [0, 0.05) is 118 Å². The number of benzene rings is 9. The van der Waals surface area contributed by atoms with Crippen LogP contribution in [0.5, 0.6) is 0 Å². The maximum absolute atomic E-state index is 13.8. The van der Waals surface area contributed by atoms with Crippen LogP contribution in [0, 0.1) is 12.7 Å². The molecule has 0 saturated carbocycles. The van der Waals surface area contributed by atoms with Crippen molar-refractivity contribution in [3.8, 4) is 56.9 Å². The Balaban J connectivity index is 0.000000103. The molecule has 15 aromatic rings. The summed E-state index contributed by atoms with van der Waals surface area (Å²) in [6.07, 6.45) is 7.36. The maximum atomic E-state index is 13.8. The summed E-state index contributed by atoms with van der Waals surface area (Å²) in [5.74, 6) is 3.72. The van der Waals surface area contributed by atoms with Crippen molar-refractivity contribution < 1.29 is 28.4 Å². The second-order valence-electron chi connectivity index (χ2n) is 29.3. The highest BCUT2D eigenvalue weighted by Crippen LogP contribution is 2.36. The van der Waals surface area contributed by atoms with Gasteiger partial charge < -0.3 is 49.4 Å². The first kappa shape index (κ1) is 73.5. The molecule has 1 fully saturated rings. The van der Waals surface area contributed by atoms with E-state index in [1.807, 2.05) is 109 Å². The highest BCUT2D eigenvalue weighted by atomic mass is 19.1. The minimum Gasteiger partial charge on any atom is -0.350 e. The van der Waals surface area contributed by atoms with E-state index in [1.54, 1.807) is 6.20 Å². The molecular weight excluding hydrogens is 1430 g/mol. The molecule has 6 aliphatic heterocycles. The second-order valence-corrected chi connectivity index (χ2v) is 29.3. The van der Waals surface area contributed by atoms with E-state index in [9.17, 15) is 28.4 Å². The maximum Gasteiger partial charge on any atom is 0.253 e. The van der Waals surface area contributed by atoms with Crippen molar-refractivity contribution >= 4 is 84.7 Å². The number of amides is 5. The lowest BCUT2D eigenvalue weighted by atomic mass is 10.1. The summed E-state index contributed by atoms with van der Waals surface area (Å²) in [5.41, 5.74) is 23.1. The van der Waals surface area contributed by atoms with Gasteiger partial charge in [0.05, 0.1) is 83.0 Å². The molecule has 572 valence electrons. The Morgan fingerprint density at radius 3 is 1.04 bits per heavy atom. The molecule has 5 amide bonds. The SMILES string of the molecule is CCc1ccc(-c2nc3cccc4c3n2CCNC4=O)cc1.CCc1cccc(-c2nc3cc(F)cc4c3n2CCNC4=O)c1.CCc1cccc(-c2nc3cccc4c3n2CCNC4=O)c1.Cc1cc(-c2nc3cccc4c3n2CCNC4=O)ccn1.O=C1NCCn2c(-c3cccc(CN4CCCC4)c3)nc3cccc1c32. The van der Waals surface area contributed by atoms with Crippen LogP contribution >= 0.6 is 0 Å². The molecule has 0 aliphatic carbocycles. The summed E-state index contributed by atoms with van der Waals surface area (Å²) in [4.78, 5) is 91.5. The van der Waals surface area contributed by atoms with Crippen LogP contribution in [0.25, 0.3) is 112 Å². The molecule has 22 nitrogen and oxygen atoms in total. The molecule has 0 unspecified atom stereocenters. The van der Waals surface area contributed by atoms with Crippen LogP contribution < -0.4 is 26.6 Å². The highest BCUT2D eigenvalue weighted by molar-refractivity contribution is 6.10. The van der Waals surface area contributed by atoms with E-state index >= 15 is 0 Å². The van der Waals surface area contributed by atoms with Crippen molar-refractivity contribution in [3.63, 3.8) is 0 Å². The molecule has 5 N–H and O–H groups in total. The number of imidazole rings is 5. The second kappa shape index (κ2) is 31.8. The van der Waals surface area contributed by atoms with Crippen molar-refractivity contribution in [1.29, 1.82) is 0 Å². The number of likely N-dealkylation sites (tertiary alicyclic amines) is 1. The Morgan fingerprint density at radius 1 is 0.325 bits per heavy atom. The van der Waals surface area contributed by atoms with Crippen LogP contribution in [0.4, 0.5) is 4.39 Å². The lowest BCUT2D eigenvalue weighted by Crippen LogP contribution is -2.24. The van der Waals surface area contributed by atoms with Gasteiger partial charge in [0.2, 0.25) is 0 Å². The zero-order valence-corrected chi connectivity index (χ0v) is 64.1. The molecule has 0 bridgehead atoms. The molecule has 6 aromatic heterocycles. The fraction of sp³-hybridized carbons (Fsp3) is 0.242. The van der Waals surface area contributed by atoms with Gasteiger partial charge in [0.15, 0.2) is 0 Å². The van der Waals surface area contributed by atoms with Gasteiger partial charge in [-0.3, -0.25) is 33.9 Å².